The van der Waals surface area contributed by atoms with E-state index in [1.807, 2.05) is 36.4 Å². The molecule has 2 aromatic rings. The van der Waals surface area contributed by atoms with Crippen LogP contribution in [0.3, 0.4) is 0 Å². The summed E-state index contributed by atoms with van der Waals surface area (Å²) in [5.74, 6) is 2.17. The van der Waals surface area contributed by atoms with E-state index in [2.05, 4.69) is 32.1 Å². The zero-order valence-corrected chi connectivity index (χ0v) is 18.6. The molecular formula is C22H30N4O3S. The van der Waals surface area contributed by atoms with Crippen molar-refractivity contribution in [1.29, 1.82) is 0 Å². The van der Waals surface area contributed by atoms with E-state index in [1.54, 1.807) is 14.2 Å². The Morgan fingerprint density at radius 3 is 2.60 bits per heavy atom. The summed E-state index contributed by atoms with van der Waals surface area (Å²) in [6, 6.07) is 15.9. The van der Waals surface area contributed by atoms with Gasteiger partial charge in [-0.15, -0.1) is 0 Å². The van der Waals surface area contributed by atoms with Crippen molar-refractivity contribution in [1.82, 2.24) is 14.9 Å². The molecule has 8 heteroatoms. The van der Waals surface area contributed by atoms with Gasteiger partial charge in [-0.2, -0.15) is 0 Å². The summed E-state index contributed by atoms with van der Waals surface area (Å²) in [4.78, 5) is 6.71. The molecule has 1 fully saturated rings. The number of aliphatic imine (C=N–C) groups is 1. The molecule has 2 aromatic carbocycles. The number of hydrogen-bond acceptors (Lipinski definition) is 4. The number of likely N-dealkylation sites (tertiary alicyclic amines) is 1. The predicted octanol–water partition coefficient (Wildman–Crippen LogP) is 2.31. The van der Waals surface area contributed by atoms with Gasteiger partial charge in [0, 0.05) is 32.6 Å². The van der Waals surface area contributed by atoms with Gasteiger partial charge in [0.05, 0.1) is 12.9 Å². The third-order valence-electron chi connectivity index (χ3n) is 5.40. The van der Waals surface area contributed by atoms with Crippen molar-refractivity contribution in [3.05, 3.63) is 65.2 Å². The molecule has 1 aliphatic rings. The van der Waals surface area contributed by atoms with Crippen molar-refractivity contribution in [3.63, 3.8) is 0 Å². The van der Waals surface area contributed by atoms with Crippen LogP contribution < -0.4 is 14.8 Å². The number of nitrogens with zero attached hydrogens (tertiary/aromatic N) is 2. The molecule has 0 bridgehead atoms. The van der Waals surface area contributed by atoms with Gasteiger partial charge in [0.25, 0.3) is 0 Å². The van der Waals surface area contributed by atoms with Crippen LogP contribution in [0.2, 0.25) is 0 Å². The Hall–Kier alpha value is -2.58. The maximum absolute atomic E-state index is 11.8. The quantitative estimate of drug-likeness (QED) is 0.520. The average molecular weight is 431 g/mol. The number of nitrogens with one attached hydrogen (secondary N) is 2. The number of hydrogen-bond donors (Lipinski definition) is 2. The van der Waals surface area contributed by atoms with E-state index in [9.17, 15) is 8.42 Å². The van der Waals surface area contributed by atoms with Crippen LogP contribution in [0.5, 0.6) is 5.75 Å². The van der Waals surface area contributed by atoms with E-state index >= 15 is 0 Å². The highest BCUT2D eigenvalue weighted by atomic mass is 32.2. The minimum absolute atomic E-state index is 0.0261. The molecule has 0 saturated carbocycles. The second-order valence-corrected chi connectivity index (χ2v) is 9.32. The molecule has 7 nitrogen and oxygen atoms in total. The lowest BCUT2D eigenvalue weighted by Crippen LogP contribution is -2.39. The van der Waals surface area contributed by atoms with E-state index in [0.29, 0.717) is 12.5 Å². The molecule has 1 unspecified atom stereocenters. The largest absolute Gasteiger partial charge is 0.497 e. The van der Waals surface area contributed by atoms with Crippen LogP contribution in [0.1, 0.15) is 29.0 Å². The standard InChI is InChI=1S/C22H30N4O3S/c1-23-22(25-14-17-5-4-6-18(13-17)16-30(27,28)24-2)26-12-11-20(15-26)19-7-9-21(29-3)10-8-19/h4-10,13,20,24H,11-12,14-16H2,1-3H3,(H,23,25). The lowest BCUT2D eigenvalue weighted by Gasteiger charge is -2.22. The molecule has 2 N–H and O–H groups in total. The van der Waals surface area contributed by atoms with E-state index < -0.39 is 10.0 Å². The summed E-state index contributed by atoms with van der Waals surface area (Å²) in [5.41, 5.74) is 3.09. The van der Waals surface area contributed by atoms with Crippen LogP contribution in [-0.2, 0) is 22.3 Å². The molecule has 162 valence electrons. The summed E-state index contributed by atoms with van der Waals surface area (Å²) in [6.45, 7) is 2.44. The Morgan fingerprint density at radius 2 is 1.93 bits per heavy atom. The van der Waals surface area contributed by atoms with Crippen LogP contribution in [-0.4, -0.2) is 53.6 Å². The first-order valence-electron chi connectivity index (χ1n) is 10.0. The van der Waals surface area contributed by atoms with Gasteiger partial charge in [-0.25, -0.2) is 13.1 Å². The second kappa shape index (κ2) is 9.95. The fourth-order valence-electron chi connectivity index (χ4n) is 3.74. The minimum Gasteiger partial charge on any atom is -0.497 e. The Balaban J connectivity index is 1.59. The Labute approximate surface area is 179 Å². The fourth-order valence-corrected chi connectivity index (χ4v) is 4.50. The zero-order chi connectivity index (χ0) is 21.6. The van der Waals surface area contributed by atoms with Crippen LogP contribution in [0.15, 0.2) is 53.5 Å². The van der Waals surface area contributed by atoms with Crippen molar-refractivity contribution < 1.29 is 13.2 Å². The van der Waals surface area contributed by atoms with Gasteiger partial charge in [-0.05, 0) is 42.3 Å². The number of sulfonamides is 1. The number of methoxy groups -OCH3 is 1. The van der Waals surface area contributed by atoms with E-state index in [-0.39, 0.29) is 5.75 Å². The van der Waals surface area contributed by atoms with Crippen LogP contribution >= 0.6 is 0 Å². The first-order valence-corrected chi connectivity index (χ1v) is 11.7. The first-order chi connectivity index (χ1) is 14.4. The number of ether oxygens (including phenoxy) is 1. The zero-order valence-electron chi connectivity index (χ0n) is 17.8. The molecule has 1 aliphatic heterocycles. The highest BCUT2D eigenvalue weighted by Crippen LogP contribution is 2.28. The van der Waals surface area contributed by atoms with Crippen LogP contribution in [0, 0.1) is 0 Å². The summed E-state index contributed by atoms with van der Waals surface area (Å²) >= 11 is 0. The first kappa shape index (κ1) is 22.1. The van der Waals surface area contributed by atoms with E-state index in [1.165, 1.54) is 12.6 Å². The van der Waals surface area contributed by atoms with Crippen molar-refractivity contribution in [2.24, 2.45) is 4.99 Å². The number of benzene rings is 2. The number of guanidine groups is 1. The minimum atomic E-state index is -3.29. The Morgan fingerprint density at radius 1 is 1.20 bits per heavy atom. The Kier molecular flexibility index (Phi) is 7.33. The summed E-state index contributed by atoms with van der Waals surface area (Å²) in [5, 5.41) is 3.41. The normalized spacial score (nSPS) is 17.2. The molecule has 0 spiro atoms. The van der Waals surface area contributed by atoms with Gasteiger partial charge in [-0.1, -0.05) is 36.4 Å². The molecule has 1 heterocycles. The summed E-state index contributed by atoms with van der Waals surface area (Å²) in [7, 11) is 1.61. The van der Waals surface area contributed by atoms with Gasteiger partial charge in [0.2, 0.25) is 10.0 Å². The van der Waals surface area contributed by atoms with Gasteiger partial charge >= 0.3 is 0 Å². The highest BCUT2D eigenvalue weighted by molar-refractivity contribution is 7.88. The van der Waals surface area contributed by atoms with Crippen molar-refractivity contribution in [2.45, 2.75) is 24.6 Å². The maximum atomic E-state index is 11.8. The Bertz CT molecular complexity index is 974. The van der Waals surface area contributed by atoms with Crippen LogP contribution in [0.25, 0.3) is 0 Å². The molecule has 0 radical (unpaired) electrons. The van der Waals surface area contributed by atoms with E-state index in [4.69, 9.17) is 4.74 Å². The van der Waals surface area contributed by atoms with Gasteiger partial charge in [0.15, 0.2) is 5.96 Å². The van der Waals surface area contributed by atoms with Crippen molar-refractivity contribution in [3.8, 4) is 5.75 Å². The lowest BCUT2D eigenvalue weighted by molar-refractivity contribution is 0.414. The third-order valence-corrected chi connectivity index (χ3v) is 6.73. The maximum Gasteiger partial charge on any atom is 0.215 e. The monoisotopic (exact) mass is 430 g/mol. The molecular weight excluding hydrogens is 400 g/mol. The average Bonchev–Trinajstić information content (AvgIpc) is 3.24. The third kappa shape index (κ3) is 5.73. The van der Waals surface area contributed by atoms with Gasteiger partial charge in [0.1, 0.15) is 5.75 Å². The smallest absolute Gasteiger partial charge is 0.215 e. The van der Waals surface area contributed by atoms with Gasteiger partial charge in [-0.3, -0.25) is 4.99 Å². The van der Waals surface area contributed by atoms with Gasteiger partial charge < -0.3 is 15.0 Å². The predicted molar refractivity (Wildman–Crippen MR) is 120 cm³/mol. The fraction of sp³-hybridized carbons (Fsp3) is 0.409. The second-order valence-electron chi connectivity index (χ2n) is 7.39. The van der Waals surface area contributed by atoms with Crippen molar-refractivity contribution in [2.75, 3.05) is 34.3 Å². The molecule has 30 heavy (non-hydrogen) atoms. The lowest BCUT2D eigenvalue weighted by atomic mass is 9.98. The summed E-state index contributed by atoms with van der Waals surface area (Å²) in [6.07, 6.45) is 1.07. The van der Waals surface area contributed by atoms with E-state index in [0.717, 1.165) is 42.3 Å². The summed E-state index contributed by atoms with van der Waals surface area (Å²) < 4.78 is 31.2. The highest BCUT2D eigenvalue weighted by Gasteiger charge is 2.26. The molecule has 0 amide bonds. The molecule has 1 saturated heterocycles. The van der Waals surface area contributed by atoms with Crippen molar-refractivity contribution >= 4 is 16.0 Å². The van der Waals surface area contributed by atoms with Crippen LogP contribution in [0.4, 0.5) is 0 Å². The topological polar surface area (TPSA) is 83.0 Å². The number of rotatable bonds is 7. The molecule has 3 rings (SSSR count). The SMILES string of the molecule is CN=C(NCc1cccc(CS(=O)(=O)NC)c1)N1CCC(c2ccc(OC)cc2)C1. The molecule has 0 aliphatic carbocycles. The molecule has 1 atom stereocenters. The molecule has 0 aromatic heterocycles.